The van der Waals surface area contributed by atoms with Gasteiger partial charge in [-0.25, -0.2) is 5.48 Å². The van der Waals surface area contributed by atoms with Gasteiger partial charge in [0.05, 0.1) is 6.61 Å². The quantitative estimate of drug-likeness (QED) is 0.745. The Balaban J connectivity index is 1.64. The molecular weight excluding hydrogens is 354 g/mol. The summed E-state index contributed by atoms with van der Waals surface area (Å²) in [5, 5.41) is 0. The molecular formula is C22H27N3O3. The second-order valence-corrected chi connectivity index (χ2v) is 7.21. The van der Waals surface area contributed by atoms with E-state index < -0.39 is 0 Å². The summed E-state index contributed by atoms with van der Waals surface area (Å²) in [4.78, 5) is 36.6. The third-order valence-corrected chi connectivity index (χ3v) is 4.98. The summed E-state index contributed by atoms with van der Waals surface area (Å²) in [7, 11) is 0. The van der Waals surface area contributed by atoms with E-state index in [1.54, 1.807) is 17.2 Å². The maximum Gasteiger partial charge on any atom is 0.263 e. The molecule has 1 aliphatic carbocycles. The molecule has 6 heteroatoms. The Kier molecular flexibility index (Phi) is 7.14. The fraction of sp³-hybridized carbons (Fsp3) is 0.409. The number of nitrogens with zero attached hydrogens (tertiary/aromatic N) is 2. The van der Waals surface area contributed by atoms with E-state index in [0.717, 1.165) is 36.9 Å². The van der Waals surface area contributed by atoms with Gasteiger partial charge in [0.25, 0.3) is 5.91 Å². The van der Waals surface area contributed by atoms with Gasteiger partial charge in [-0.3, -0.25) is 19.4 Å². The molecule has 28 heavy (non-hydrogen) atoms. The maximum atomic E-state index is 13.1. The van der Waals surface area contributed by atoms with Gasteiger partial charge in [-0.15, -0.1) is 0 Å². The zero-order chi connectivity index (χ0) is 19.8. The van der Waals surface area contributed by atoms with Crippen molar-refractivity contribution in [3.63, 3.8) is 0 Å². The van der Waals surface area contributed by atoms with Crippen LogP contribution in [0.4, 0.5) is 5.69 Å². The number of hydroxylamine groups is 1. The lowest BCUT2D eigenvalue weighted by atomic mass is 9.88. The van der Waals surface area contributed by atoms with Gasteiger partial charge in [0.1, 0.15) is 6.54 Å². The number of amides is 2. The summed E-state index contributed by atoms with van der Waals surface area (Å²) in [6, 6.07) is 13.2. The van der Waals surface area contributed by atoms with Crippen LogP contribution >= 0.6 is 0 Å². The topological polar surface area (TPSA) is 71.5 Å². The summed E-state index contributed by atoms with van der Waals surface area (Å²) in [6.45, 7) is 2.07. The second kappa shape index (κ2) is 9.99. The van der Waals surface area contributed by atoms with E-state index in [-0.39, 0.29) is 30.9 Å². The minimum atomic E-state index is -0.352. The van der Waals surface area contributed by atoms with Crippen molar-refractivity contribution in [3.8, 4) is 0 Å². The normalized spacial score (nSPS) is 14.5. The van der Waals surface area contributed by atoms with E-state index in [1.807, 2.05) is 43.3 Å². The molecule has 2 aromatic rings. The first-order chi connectivity index (χ1) is 13.6. The van der Waals surface area contributed by atoms with Gasteiger partial charge in [0.15, 0.2) is 0 Å². The van der Waals surface area contributed by atoms with Crippen molar-refractivity contribution < 1.29 is 14.4 Å². The highest BCUT2D eigenvalue weighted by molar-refractivity contribution is 5.99. The van der Waals surface area contributed by atoms with Crippen LogP contribution in [0.25, 0.3) is 0 Å². The third-order valence-electron chi connectivity index (χ3n) is 4.98. The Bertz CT molecular complexity index is 789. The average molecular weight is 381 g/mol. The molecule has 0 atom stereocenters. The number of carbonyl (C=O) groups excluding carboxylic acids is 2. The first kappa shape index (κ1) is 20.0. The van der Waals surface area contributed by atoms with E-state index in [0.29, 0.717) is 5.69 Å². The summed E-state index contributed by atoms with van der Waals surface area (Å²) in [6.07, 6.45) is 6.72. The lowest BCUT2D eigenvalue weighted by Gasteiger charge is -2.29. The first-order valence-electron chi connectivity index (χ1n) is 9.82. The minimum Gasteiger partial charge on any atom is -0.303 e. The van der Waals surface area contributed by atoms with E-state index in [2.05, 4.69) is 10.5 Å². The van der Waals surface area contributed by atoms with Crippen LogP contribution in [0.15, 0.2) is 48.7 Å². The number of carbonyl (C=O) groups is 2. The predicted molar refractivity (Wildman–Crippen MR) is 107 cm³/mol. The number of nitrogens with one attached hydrogen (secondary N) is 1. The molecule has 0 radical (unpaired) electrons. The molecule has 0 saturated heterocycles. The van der Waals surface area contributed by atoms with Crippen molar-refractivity contribution in [1.29, 1.82) is 0 Å². The molecule has 1 heterocycles. The Morgan fingerprint density at radius 3 is 2.61 bits per heavy atom. The van der Waals surface area contributed by atoms with E-state index in [1.165, 1.54) is 6.42 Å². The SMILES string of the molecule is Cc1cc(N(CC(=O)NOCc2ccccc2)C(=O)C2CCCCC2)ccn1. The molecule has 0 bridgehead atoms. The number of pyridine rings is 1. The highest BCUT2D eigenvalue weighted by atomic mass is 16.6. The lowest BCUT2D eigenvalue weighted by molar-refractivity contribution is -0.135. The average Bonchev–Trinajstić information content (AvgIpc) is 2.73. The van der Waals surface area contributed by atoms with Crippen molar-refractivity contribution >= 4 is 17.5 Å². The number of hydrogen-bond acceptors (Lipinski definition) is 4. The second-order valence-electron chi connectivity index (χ2n) is 7.21. The zero-order valence-electron chi connectivity index (χ0n) is 16.3. The van der Waals surface area contributed by atoms with Crippen LogP contribution in [-0.4, -0.2) is 23.3 Å². The van der Waals surface area contributed by atoms with Crippen LogP contribution in [0.2, 0.25) is 0 Å². The summed E-state index contributed by atoms with van der Waals surface area (Å²) < 4.78 is 0. The van der Waals surface area contributed by atoms with Crippen molar-refractivity contribution in [3.05, 3.63) is 59.9 Å². The highest BCUT2D eigenvalue weighted by Gasteiger charge is 2.28. The van der Waals surface area contributed by atoms with Crippen LogP contribution in [-0.2, 0) is 21.0 Å². The maximum absolute atomic E-state index is 13.1. The van der Waals surface area contributed by atoms with Crippen LogP contribution in [0.3, 0.4) is 0 Å². The van der Waals surface area contributed by atoms with Crippen molar-refractivity contribution in [2.24, 2.45) is 5.92 Å². The molecule has 1 aromatic heterocycles. The molecule has 148 valence electrons. The molecule has 3 rings (SSSR count). The molecule has 0 unspecified atom stereocenters. The third kappa shape index (κ3) is 5.63. The predicted octanol–water partition coefficient (Wildman–Crippen LogP) is 3.55. The van der Waals surface area contributed by atoms with Crippen LogP contribution < -0.4 is 10.4 Å². The molecule has 6 nitrogen and oxygen atoms in total. The smallest absolute Gasteiger partial charge is 0.263 e. The Labute approximate surface area is 165 Å². The summed E-state index contributed by atoms with van der Waals surface area (Å²) in [5.74, 6) is -0.377. The largest absolute Gasteiger partial charge is 0.303 e. The number of hydrogen-bond donors (Lipinski definition) is 1. The Hall–Kier alpha value is -2.73. The van der Waals surface area contributed by atoms with Gasteiger partial charge in [-0.1, -0.05) is 49.6 Å². The molecule has 1 fully saturated rings. The van der Waals surface area contributed by atoms with Crippen LogP contribution in [0.1, 0.15) is 43.4 Å². The zero-order valence-corrected chi connectivity index (χ0v) is 16.3. The standard InChI is InChI=1S/C22H27N3O3/c1-17-14-20(12-13-23-17)25(22(27)19-10-6-3-7-11-19)15-21(26)24-28-16-18-8-4-2-5-9-18/h2,4-5,8-9,12-14,19H,3,6-7,10-11,15-16H2,1H3,(H,24,26). The van der Waals surface area contributed by atoms with Gasteiger partial charge in [0, 0.05) is 23.5 Å². The number of benzene rings is 1. The van der Waals surface area contributed by atoms with Gasteiger partial charge in [-0.05, 0) is 37.5 Å². The van der Waals surface area contributed by atoms with Crippen molar-refractivity contribution in [2.45, 2.75) is 45.6 Å². The molecule has 2 amide bonds. The Morgan fingerprint density at radius 1 is 1.14 bits per heavy atom. The number of rotatable bonds is 7. The molecule has 1 saturated carbocycles. The van der Waals surface area contributed by atoms with Gasteiger partial charge in [-0.2, -0.15) is 0 Å². The van der Waals surface area contributed by atoms with E-state index >= 15 is 0 Å². The molecule has 0 spiro atoms. The van der Waals surface area contributed by atoms with Crippen LogP contribution in [0.5, 0.6) is 0 Å². The van der Waals surface area contributed by atoms with Gasteiger partial charge < -0.3 is 4.90 Å². The molecule has 1 aliphatic rings. The summed E-state index contributed by atoms with van der Waals surface area (Å²) >= 11 is 0. The van der Waals surface area contributed by atoms with Gasteiger partial charge in [0.2, 0.25) is 5.91 Å². The highest BCUT2D eigenvalue weighted by Crippen LogP contribution is 2.27. The lowest BCUT2D eigenvalue weighted by Crippen LogP contribution is -2.44. The fourth-order valence-corrected chi connectivity index (χ4v) is 3.51. The van der Waals surface area contributed by atoms with Crippen molar-refractivity contribution in [1.82, 2.24) is 10.5 Å². The molecule has 1 N–H and O–H groups in total. The van der Waals surface area contributed by atoms with Crippen molar-refractivity contribution in [2.75, 3.05) is 11.4 Å². The van der Waals surface area contributed by atoms with Gasteiger partial charge >= 0.3 is 0 Å². The molecule has 0 aliphatic heterocycles. The fourth-order valence-electron chi connectivity index (χ4n) is 3.51. The van der Waals surface area contributed by atoms with Crippen LogP contribution in [0, 0.1) is 12.8 Å². The minimum absolute atomic E-state index is 0.00325. The summed E-state index contributed by atoms with van der Waals surface area (Å²) in [5.41, 5.74) is 4.92. The first-order valence-corrected chi connectivity index (χ1v) is 9.82. The van der Waals surface area contributed by atoms with E-state index in [9.17, 15) is 9.59 Å². The monoisotopic (exact) mass is 381 g/mol. The number of anilines is 1. The Morgan fingerprint density at radius 2 is 1.89 bits per heavy atom. The molecule has 1 aromatic carbocycles. The number of aromatic nitrogens is 1. The van der Waals surface area contributed by atoms with E-state index in [4.69, 9.17) is 4.84 Å². The number of aryl methyl sites for hydroxylation is 1.